The van der Waals surface area contributed by atoms with Crippen LogP contribution in [0.3, 0.4) is 0 Å². The first-order valence-corrected chi connectivity index (χ1v) is 4.35. The molecule has 0 amide bonds. The minimum atomic E-state index is 0.653. The van der Waals surface area contributed by atoms with E-state index in [0.717, 1.165) is 6.54 Å². The lowest BCUT2D eigenvalue weighted by molar-refractivity contribution is 0.244. The molecule has 0 aliphatic heterocycles. The number of hydrogen-bond acceptors (Lipinski definition) is 2. The van der Waals surface area contributed by atoms with Crippen LogP contribution >= 0.6 is 0 Å². The number of likely N-dealkylation sites (N-methyl/N-ethyl adjacent to an activating group) is 2. The summed E-state index contributed by atoms with van der Waals surface area (Å²) < 4.78 is 0. The fraction of sp³-hybridized carbons (Fsp3) is 1.00. The fourth-order valence-electron chi connectivity index (χ4n) is 0.692. The predicted octanol–water partition coefficient (Wildman–Crippen LogP) is 1.52. The number of hydrogen-bond donors (Lipinski definition) is 0. The summed E-state index contributed by atoms with van der Waals surface area (Å²) in [4.78, 5) is 4.42. The molecule has 1 unspecified atom stereocenters. The smallest absolute Gasteiger partial charge is 0.0188 e. The summed E-state index contributed by atoms with van der Waals surface area (Å²) in [5.41, 5.74) is 0. The van der Waals surface area contributed by atoms with Gasteiger partial charge in [0.25, 0.3) is 0 Å². The van der Waals surface area contributed by atoms with Gasteiger partial charge in [0.1, 0.15) is 0 Å². The monoisotopic (exact) mass is 160 g/mol. The number of nitrogens with zero attached hydrogens (tertiary/aromatic N) is 2. The van der Waals surface area contributed by atoms with Crippen molar-refractivity contribution in [2.45, 2.75) is 26.8 Å². The average molecular weight is 160 g/mol. The van der Waals surface area contributed by atoms with E-state index < -0.39 is 0 Å². The van der Waals surface area contributed by atoms with Crippen molar-refractivity contribution < 1.29 is 0 Å². The summed E-state index contributed by atoms with van der Waals surface area (Å²) in [6.07, 6.45) is 0. The highest BCUT2D eigenvalue weighted by atomic mass is 15.2. The third-order valence-electron chi connectivity index (χ3n) is 1.51. The molecule has 0 aromatic rings. The van der Waals surface area contributed by atoms with Gasteiger partial charge >= 0.3 is 0 Å². The van der Waals surface area contributed by atoms with Gasteiger partial charge in [0.2, 0.25) is 0 Å². The normalized spacial score (nSPS) is 12.8. The van der Waals surface area contributed by atoms with Crippen molar-refractivity contribution in [2.75, 3.05) is 34.7 Å². The molecule has 70 valence electrons. The molecule has 0 saturated carbocycles. The molecule has 0 aliphatic carbocycles. The van der Waals surface area contributed by atoms with E-state index in [1.165, 1.54) is 0 Å². The lowest BCUT2D eigenvalue weighted by Crippen LogP contribution is -2.34. The van der Waals surface area contributed by atoms with Gasteiger partial charge in [-0.25, -0.2) is 0 Å². The minimum absolute atomic E-state index is 0.653. The fourth-order valence-corrected chi connectivity index (χ4v) is 0.692. The Morgan fingerprint density at radius 3 is 1.45 bits per heavy atom. The molecule has 0 heterocycles. The minimum Gasteiger partial charge on any atom is -0.308 e. The summed E-state index contributed by atoms with van der Waals surface area (Å²) in [5.74, 6) is 0. The van der Waals surface area contributed by atoms with Gasteiger partial charge in [-0.05, 0) is 35.1 Å². The molecule has 2 heteroatoms. The molecular formula is C9H24N2. The van der Waals surface area contributed by atoms with Crippen molar-refractivity contribution in [3.05, 3.63) is 0 Å². The van der Waals surface area contributed by atoms with Crippen molar-refractivity contribution in [3.8, 4) is 0 Å². The largest absolute Gasteiger partial charge is 0.308 e. The topological polar surface area (TPSA) is 6.48 Å². The highest BCUT2D eigenvalue weighted by Crippen LogP contribution is 1.91. The summed E-state index contributed by atoms with van der Waals surface area (Å²) in [6.45, 7) is 7.35. The van der Waals surface area contributed by atoms with Gasteiger partial charge in [-0.2, -0.15) is 0 Å². The summed E-state index contributed by atoms with van der Waals surface area (Å²) in [5, 5.41) is 0. The van der Waals surface area contributed by atoms with Crippen LogP contribution in [0.25, 0.3) is 0 Å². The van der Waals surface area contributed by atoms with Gasteiger partial charge in [-0.15, -0.1) is 0 Å². The molecule has 0 bridgehead atoms. The molecular weight excluding hydrogens is 136 g/mol. The Kier molecular flexibility index (Phi) is 9.85. The second-order valence-electron chi connectivity index (χ2n) is 3.07. The standard InChI is InChI=1S/C7H18N2.C2H6/c1-7(9(4)5)6-8(2)3;1-2/h7H,6H2,1-5H3;1-2H3. The predicted molar refractivity (Wildman–Crippen MR) is 53.1 cm³/mol. The lowest BCUT2D eigenvalue weighted by Gasteiger charge is -2.22. The van der Waals surface area contributed by atoms with Gasteiger partial charge in [0.15, 0.2) is 0 Å². The molecule has 0 fully saturated rings. The maximum atomic E-state index is 2.22. The maximum absolute atomic E-state index is 2.22. The molecule has 0 rings (SSSR count). The van der Waals surface area contributed by atoms with Crippen LogP contribution in [-0.2, 0) is 0 Å². The Bertz CT molecular complexity index is 70.0. The van der Waals surface area contributed by atoms with Crippen molar-refractivity contribution in [2.24, 2.45) is 0 Å². The Morgan fingerprint density at radius 1 is 1.00 bits per heavy atom. The zero-order valence-electron chi connectivity index (χ0n) is 9.18. The highest BCUT2D eigenvalue weighted by molar-refractivity contribution is 4.61. The number of rotatable bonds is 3. The first kappa shape index (κ1) is 13.5. The van der Waals surface area contributed by atoms with Gasteiger partial charge in [-0.3, -0.25) is 0 Å². The van der Waals surface area contributed by atoms with Crippen LogP contribution in [0.5, 0.6) is 0 Å². The van der Waals surface area contributed by atoms with Crippen LogP contribution in [0.2, 0.25) is 0 Å². The molecule has 11 heavy (non-hydrogen) atoms. The van der Waals surface area contributed by atoms with E-state index in [4.69, 9.17) is 0 Å². The first-order valence-electron chi connectivity index (χ1n) is 4.35. The average Bonchev–Trinajstić information content (AvgIpc) is 1.90. The van der Waals surface area contributed by atoms with Crippen molar-refractivity contribution in [1.82, 2.24) is 9.80 Å². The van der Waals surface area contributed by atoms with Gasteiger partial charge in [0.05, 0.1) is 0 Å². The molecule has 0 saturated heterocycles. The van der Waals surface area contributed by atoms with Gasteiger partial charge in [0, 0.05) is 12.6 Å². The Balaban J connectivity index is 0. The van der Waals surface area contributed by atoms with Crippen LogP contribution in [0, 0.1) is 0 Å². The van der Waals surface area contributed by atoms with E-state index >= 15 is 0 Å². The van der Waals surface area contributed by atoms with E-state index in [9.17, 15) is 0 Å². The quantitative estimate of drug-likeness (QED) is 0.617. The van der Waals surface area contributed by atoms with Crippen LogP contribution in [0.1, 0.15) is 20.8 Å². The van der Waals surface area contributed by atoms with Gasteiger partial charge in [-0.1, -0.05) is 13.8 Å². The lowest BCUT2D eigenvalue weighted by atomic mass is 10.3. The van der Waals surface area contributed by atoms with Crippen molar-refractivity contribution in [3.63, 3.8) is 0 Å². The van der Waals surface area contributed by atoms with Crippen molar-refractivity contribution in [1.29, 1.82) is 0 Å². The molecule has 0 aromatic carbocycles. The molecule has 1 atom stereocenters. The molecule has 2 nitrogen and oxygen atoms in total. The first-order chi connectivity index (χ1) is 5.04. The summed E-state index contributed by atoms with van der Waals surface area (Å²) in [7, 11) is 8.41. The third-order valence-corrected chi connectivity index (χ3v) is 1.51. The van der Waals surface area contributed by atoms with Crippen LogP contribution in [0.15, 0.2) is 0 Å². The van der Waals surface area contributed by atoms with Crippen LogP contribution in [0.4, 0.5) is 0 Å². The van der Waals surface area contributed by atoms with Gasteiger partial charge < -0.3 is 9.80 Å². The zero-order valence-corrected chi connectivity index (χ0v) is 9.18. The second kappa shape index (κ2) is 8.02. The van der Waals surface area contributed by atoms with E-state index in [0.29, 0.717) is 6.04 Å². The zero-order chi connectivity index (χ0) is 9.44. The molecule has 0 aliphatic rings. The Hall–Kier alpha value is -0.0800. The summed E-state index contributed by atoms with van der Waals surface area (Å²) in [6, 6.07) is 0.653. The van der Waals surface area contributed by atoms with E-state index in [-0.39, 0.29) is 0 Å². The van der Waals surface area contributed by atoms with E-state index in [2.05, 4.69) is 44.9 Å². The maximum Gasteiger partial charge on any atom is 0.0188 e. The molecule has 0 radical (unpaired) electrons. The van der Waals surface area contributed by atoms with Crippen LogP contribution in [-0.4, -0.2) is 50.6 Å². The Morgan fingerprint density at radius 2 is 1.36 bits per heavy atom. The van der Waals surface area contributed by atoms with Crippen LogP contribution < -0.4 is 0 Å². The molecule has 0 N–H and O–H groups in total. The molecule has 0 aromatic heterocycles. The van der Waals surface area contributed by atoms with E-state index in [1.807, 2.05) is 13.8 Å². The van der Waals surface area contributed by atoms with Crippen molar-refractivity contribution >= 4 is 0 Å². The summed E-state index contributed by atoms with van der Waals surface area (Å²) >= 11 is 0. The SMILES string of the molecule is CC.CC(CN(C)C)N(C)C. The van der Waals surface area contributed by atoms with E-state index in [1.54, 1.807) is 0 Å². The Labute approximate surface area is 72.2 Å². The molecule has 0 spiro atoms. The highest BCUT2D eigenvalue weighted by Gasteiger charge is 2.03. The third kappa shape index (κ3) is 9.92. The second-order valence-corrected chi connectivity index (χ2v) is 3.07.